The normalized spacial score (nSPS) is 11.7. The zero-order valence-corrected chi connectivity index (χ0v) is 18.4. The molecule has 30 heavy (non-hydrogen) atoms. The minimum Gasteiger partial charge on any atom is -0.457 e. The highest BCUT2D eigenvalue weighted by atomic mass is 32.2. The van der Waals surface area contributed by atoms with Crippen molar-refractivity contribution in [1.29, 1.82) is 0 Å². The first kappa shape index (κ1) is 22.3. The van der Waals surface area contributed by atoms with E-state index in [1.165, 1.54) is 12.1 Å². The van der Waals surface area contributed by atoms with Crippen molar-refractivity contribution in [2.24, 2.45) is 5.14 Å². The fourth-order valence-electron chi connectivity index (χ4n) is 3.00. The summed E-state index contributed by atoms with van der Waals surface area (Å²) in [5.41, 5.74) is 1.31. The molecule has 0 saturated heterocycles. The van der Waals surface area contributed by atoms with E-state index >= 15 is 0 Å². The van der Waals surface area contributed by atoms with Crippen LogP contribution < -0.4 is 5.14 Å². The zero-order chi connectivity index (χ0) is 21.6. The molecule has 0 amide bonds. The molecule has 3 rings (SSSR count). The summed E-state index contributed by atoms with van der Waals surface area (Å²) < 4.78 is 30.7. The van der Waals surface area contributed by atoms with Crippen LogP contribution in [0.15, 0.2) is 58.3 Å². The number of primary sulfonamides is 1. The molecule has 160 valence electrons. The molecule has 1 aromatic heterocycles. The van der Waals surface area contributed by atoms with Crippen LogP contribution in [0.25, 0.3) is 11.0 Å². The summed E-state index contributed by atoms with van der Waals surface area (Å²) in [5.74, 6) is 0.930. The molecule has 0 spiro atoms. The van der Waals surface area contributed by atoms with Crippen LogP contribution in [0.1, 0.15) is 32.0 Å². The smallest absolute Gasteiger partial charge is 0.307 e. The summed E-state index contributed by atoms with van der Waals surface area (Å²) in [6.45, 7) is 2.83. The minimum atomic E-state index is -3.81. The van der Waals surface area contributed by atoms with E-state index in [4.69, 9.17) is 9.88 Å². The van der Waals surface area contributed by atoms with Crippen LogP contribution in [0.4, 0.5) is 0 Å². The quantitative estimate of drug-likeness (QED) is 0.375. The summed E-state index contributed by atoms with van der Waals surface area (Å²) in [7, 11) is -3.81. The lowest BCUT2D eigenvalue weighted by Gasteiger charge is -2.09. The van der Waals surface area contributed by atoms with Crippen LogP contribution in [0.2, 0.25) is 0 Å². The Balaban J connectivity index is 1.68. The number of carbonyl (C=O) groups excluding carboxylic acids is 1. The number of imidazole rings is 1. The third-order valence-electron chi connectivity index (χ3n) is 4.54. The van der Waals surface area contributed by atoms with Gasteiger partial charge in [0.2, 0.25) is 10.0 Å². The number of nitrogens with two attached hydrogens (primary N) is 1. The Bertz CT molecular complexity index is 1110. The molecule has 2 N–H and O–H groups in total. The van der Waals surface area contributed by atoms with Gasteiger partial charge in [-0.2, -0.15) is 0 Å². The number of rotatable bonds is 10. The van der Waals surface area contributed by atoms with Crippen molar-refractivity contribution < 1.29 is 17.9 Å². The Morgan fingerprint density at radius 1 is 1.20 bits per heavy atom. The number of esters is 1. The molecule has 0 saturated carbocycles. The molecule has 1 heterocycles. The van der Waals surface area contributed by atoms with Crippen LogP contribution in [-0.2, 0) is 32.7 Å². The lowest BCUT2D eigenvalue weighted by Crippen LogP contribution is -2.12. The first-order valence-electron chi connectivity index (χ1n) is 9.74. The fourth-order valence-corrected chi connectivity index (χ4v) is 4.39. The number of sulfonamides is 1. The van der Waals surface area contributed by atoms with E-state index in [0.29, 0.717) is 30.1 Å². The highest BCUT2D eigenvalue weighted by Crippen LogP contribution is 2.22. The number of hydrogen-bond donors (Lipinski definition) is 1. The van der Waals surface area contributed by atoms with E-state index in [2.05, 4.69) is 11.9 Å². The van der Waals surface area contributed by atoms with Gasteiger partial charge in [0.25, 0.3) is 0 Å². The number of aryl methyl sites for hydroxylation is 1. The second-order valence-corrected chi connectivity index (χ2v) is 9.53. The number of carbonyl (C=O) groups is 1. The molecule has 0 aliphatic carbocycles. The Morgan fingerprint density at radius 2 is 1.97 bits per heavy atom. The largest absolute Gasteiger partial charge is 0.457 e. The molecule has 3 aromatic rings. The van der Waals surface area contributed by atoms with Gasteiger partial charge in [0.15, 0.2) is 0 Å². The highest BCUT2D eigenvalue weighted by molar-refractivity contribution is 7.99. The molecular weight excluding hydrogens is 422 g/mol. The summed E-state index contributed by atoms with van der Waals surface area (Å²) in [6.07, 6.45) is 2.21. The Hall–Kier alpha value is -2.36. The molecule has 0 fully saturated rings. The van der Waals surface area contributed by atoms with E-state index in [9.17, 15) is 13.2 Å². The second-order valence-electron chi connectivity index (χ2n) is 6.80. The molecule has 0 aliphatic rings. The van der Waals surface area contributed by atoms with E-state index in [1.807, 2.05) is 34.9 Å². The lowest BCUT2D eigenvalue weighted by molar-refractivity contribution is -0.144. The molecular formula is C21H25N3O4S2. The maximum atomic E-state index is 12.2. The van der Waals surface area contributed by atoms with E-state index < -0.39 is 10.0 Å². The van der Waals surface area contributed by atoms with Gasteiger partial charge in [-0.1, -0.05) is 31.5 Å². The average Bonchev–Trinajstić information content (AvgIpc) is 3.07. The molecule has 7 nitrogen and oxygen atoms in total. The van der Waals surface area contributed by atoms with Crippen LogP contribution in [0.5, 0.6) is 0 Å². The summed E-state index contributed by atoms with van der Waals surface area (Å²) in [4.78, 5) is 17.8. The van der Waals surface area contributed by atoms with Gasteiger partial charge in [0.05, 0.1) is 22.3 Å². The molecule has 0 bridgehead atoms. The van der Waals surface area contributed by atoms with Gasteiger partial charge in [0.1, 0.15) is 12.4 Å². The average molecular weight is 448 g/mol. The number of ether oxygens (including phenoxy) is 1. The van der Waals surface area contributed by atoms with Crippen LogP contribution in [0.3, 0.4) is 0 Å². The maximum absolute atomic E-state index is 12.2. The van der Waals surface area contributed by atoms with Gasteiger partial charge in [-0.25, -0.2) is 18.5 Å². The van der Waals surface area contributed by atoms with Gasteiger partial charge in [0, 0.05) is 17.2 Å². The third kappa shape index (κ3) is 5.84. The predicted octanol–water partition coefficient (Wildman–Crippen LogP) is 3.71. The van der Waals surface area contributed by atoms with Crippen LogP contribution >= 0.6 is 11.8 Å². The number of fused-ring (bicyclic) bond motifs is 1. The first-order chi connectivity index (χ1) is 14.4. The summed E-state index contributed by atoms with van der Waals surface area (Å²) >= 11 is 1.60. The van der Waals surface area contributed by atoms with Gasteiger partial charge >= 0.3 is 5.97 Å². The predicted molar refractivity (Wildman–Crippen MR) is 118 cm³/mol. The molecule has 0 aliphatic heterocycles. The van der Waals surface area contributed by atoms with Gasteiger partial charge < -0.3 is 9.30 Å². The molecule has 0 atom stereocenters. The molecule has 2 aromatic carbocycles. The van der Waals surface area contributed by atoms with Crippen molar-refractivity contribution in [3.05, 3.63) is 54.4 Å². The van der Waals surface area contributed by atoms with E-state index in [0.717, 1.165) is 23.3 Å². The van der Waals surface area contributed by atoms with Crippen molar-refractivity contribution in [2.75, 3.05) is 5.75 Å². The number of nitrogens with zero attached hydrogens (tertiary/aromatic N) is 2. The van der Waals surface area contributed by atoms with Gasteiger partial charge in [-0.3, -0.25) is 4.79 Å². The maximum Gasteiger partial charge on any atom is 0.307 e. The van der Waals surface area contributed by atoms with Crippen molar-refractivity contribution in [2.45, 2.75) is 49.1 Å². The molecule has 0 radical (unpaired) electrons. The zero-order valence-electron chi connectivity index (χ0n) is 16.8. The van der Waals surface area contributed by atoms with E-state index in [-0.39, 0.29) is 17.5 Å². The number of hydrogen-bond acceptors (Lipinski definition) is 6. The Kier molecular flexibility index (Phi) is 7.52. The Labute approximate surface area is 180 Å². The van der Waals surface area contributed by atoms with Crippen molar-refractivity contribution in [1.82, 2.24) is 9.55 Å². The number of thioether (sulfide) groups is 1. The standard InChI is InChI=1S/C21H25N3O4S2/c1-2-3-12-24-19-10-9-17(30(22,26)27)14-18(19)23-20(24)15-28-21(25)11-13-29-16-7-5-4-6-8-16/h4-10,14H,2-3,11-13,15H2,1H3,(H2,22,26,27). The number of unbranched alkanes of at least 4 members (excludes halogenated alkanes) is 1. The summed E-state index contributed by atoms with van der Waals surface area (Å²) in [5, 5.41) is 5.23. The fraction of sp³-hybridized carbons (Fsp3) is 0.333. The monoisotopic (exact) mass is 447 g/mol. The topological polar surface area (TPSA) is 104 Å². The summed E-state index contributed by atoms with van der Waals surface area (Å²) in [6, 6.07) is 14.5. The SMILES string of the molecule is CCCCn1c(COC(=O)CCSc2ccccc2)nc2cc(S(N)(=O)=O)ccc21. The number of aromatic nitrogens is 2. The van der Waals surface area contributed by atoms with Gasteiger partial charge in [-0.05, 0) is 36.8 Å². The third-order valence-corrected chi connectivity index (χ3v) is 6.47. The van der Waals surface area contributed by atoms with Crippen LogP contribution in [-0.4, -0.2) is 29.7 Å². The minimum absolute atomic E-state index is 0.0108. The van der Waals surface area contributed by atoms with Crippen LogP contribution in [0, 0.1) is 0 Å². The van der Waals surface area contributed by atoms with Gasteiger partial charge in [-0.15, -0.1) is 11.8 Å². The van der Waals surface area contributed by atoms with E-state index in [1.54, 1.807) is 17.8 Å². The highest BCUT2D eigenvalue weighted by Gasteiger charge is 2.16. The number of benzene rings is 2. The molecule has 0 unspecified atom stereocenters. The van der Waals surface area contributed by atoms with Crippen molar-refractivity contribution >= 4 is 38.8 Å². The van der Waals surface area contributed by atoms with Crippen molar-refractivity contribution in [3.63, 3.8) is 0 Å². The molecule has 9 heteroatoms. The van der Waals surface area contributed by atoms with Crippen molar-refractivity contribution in [3.8, 4) is 0 Å². The Morgan fingerprint density at radius 3 is 2.67 bits per heavy atom. The second kappa shape index (κ2) is 10.1. The lowest BCUT2D eigenvalue weighted by atomic mass is 10.3. The first-order valence-corrected chi connectivity index (χ1v) is 12.3.